The van der Waals surface area contributed by atoms with Crippen molar-refractivity contribution in [3.63, 3.8) is 0 Å². The molecule has 1 heterocycles. The van der Waals surface area contributed by atoms with E-state index in [0.717, 1.165) is 10.0 Å². The monoisotopic (exact) mass is 301 g/mol. The fraction of sp³-hybridized carbons (Fsp3) is 0.455. The van der Waals surface area contributed by atoms with Crippen LogP contribution in [0.3, 0.4) is 0 Å². The minimum absolute atomic E-state index is 0.253. The molecule has 5 nitrogen and oxygen atoms in total. The van der Waals surface area contributed by atoms with Crippen LogP contribution in [-0.4, -0.2) is 30.6 Å². The Labute approximate surface area is 109 Å². The van der Waals surface area contributed by atoms with E-state index in [-0.39, 0.29) is 5.91 Å². The lowest BCUT2D eigenvalue weighted by atomic mass is 10.2. The third kappa shape index (κ3) is 4.41. The van der Waals surface area contributed by atoms with Crippen LogP contribution in [0.5, 0.6) is 0 Å². The molecule has 0 spiro atoms. The van der Waals surface area contributed by atoms with Gasteiger partial charge in [-0.15, -0.1) is 0 Å². The number of rotatable bonds is 5. The van der Waals surface area contributed by atoms with E-state index in [9.17, 15) is 4.79 Å². The highest BCUT2D eigenvalue weighted by Crippen LogP contribution is 2.17. The first-order valence-electron chi connectivity index (χ1n) is 5.22. The van der Waals surface area contributed by atoms with Gasteiger partial charge in [-0.05, 0) is 40.9 Å². The minimum atomic E-state index is -0.583. The summed E-state index contributed by atoms with van der Waals surface area (Å²) in [5.74, 6) is 0.250. The molecular weight excluding hydrogens is 286 g/mol. The number of hydrogen-bond donors (Lipinski definition) is 2. The van der Waals surface area contributed by atoms with Crippen LogP contribution in [0.1, 0.15) is 12.0 Å². The van der Waals surface area contributed by atoms with Crippen molar-refractivity contribution >= 4 is 27.7 Å². The van der Waals surface area contributed by atoms with Crippen molar-refractivity contribution < 1.29 is 9.53 Å². The summed E-state index contributed by atoms with van der Waals surface area (Å²) < 4.78 is 5.77. The first-order valence-corrected chi connectivity index (χ1v) is 6.01. The molecule has 0 bridgehead atoms. The quantitative estimate of drug-likeness (QED) is 0.863. The summed E-state index contributed by atoms with van der Waals surface area (Å²) in [6.45, 7) is 2.38. The fourth-order valence-corrected chi connectivity index (χ4v) is 1.42. The second-order valence-corrected chi connectivity index (χ2v) is 4.55. The van der Waals surface area contributed by atoms with Crippen LogP contribution in [0.15, 0.2) is 16.7 Å². The van der Waals surface area contributed by atoms with Gasteiger partial charge in [0.15, 0.2) is 0 Å². The molecule has 1 unspecified atom stereocenters. The molecule has 1 atom stereocenters. The van der Waals surface area contributed by atoms with E-state index in [2.05, 4.69) is 26.2 Å². The first-order chi connectivity index (χ1) is 8.04. The van der Waals surface area contributed by atoms with E-state index < -0.39 is 6.04 Å². The number of aromatic nitrogens is 1. The zero-order valence-corrected chi connectivity index (χ0v) is 11.5. The number of ether oxygens (including phenoxy) is 1. The standard InChI is InChI=1S/C11H16BrN3O2/c1-7-5-10(14-6-8(7)12)15-11(16)9(13)3-4-17-2/h5-6,9H,3-4,13H2,1-2H3,(H,14,15,16). The van der Waals surface area contributed by atoms with E-state index in [1.807, 2.05) is 6.92 Å². The van der Waals surface area contributed by atoms with Crippen LogP contribution in [0.25, 0.3) is 0 Å². The average Bonchev–Trinajstić information content (AvgIpc) is 2.30. The third-order valence-corrected chi connectivity index (χ3v) is 3.10. The molecule has 0 fully saturated rings. The largest absolute Gasteiger partial charge is 0.385 e. The van der Waals surface area contributed by atoms with Crippen LogP contribution in [0.4, 0.5) is 5.82 Å². The molecule has 0 radical (unpaired) electrons. The van der Waals surface area contributed by atoms with Crippen molar-refractivity contribution in [1.29, 1.82) is 0 Å². The van der Waals surface area contributed by atoms with Crippen molar-refractivity contribution in [2.24, 2.45) is 5.73 Å². The highest BCUT2D eigenvalue weighted by atomic mass is 79.9. The van der Waals surface area contributed by atoms with Crippen molar-refractivity contribution in [1.82, 2.24) is 4.98 Å². The van der Waals surface area contributed by atoms with E-state index >= 15 is 0 Å². The highest BCUT2D eigenvalue weighted by molar-refractivity contribution is 9.10. The molecule has 0 saturated carbocycles. The maximum absolute atomic E-state index is 11.7. The molecule has 1 amide bonds. The topological polar surface area (TPSA) is 77.2 Å². The van der Waals surface area contributed by atoms with Gasteiger partial charge in [-0.25, -0.2) is 4.98 Å². The van der Waals surface area contributed by atoms with Crippen LogP contribution in [-0.2, 0) is 9.53 Å². The Morgan fingerprint density at radius 3 is 3.00 bits per heavy atom. The third-order valence-electron chi connectivity index (χ3n) is 2.27. The Balaban J connectivity index is 2.58. The molecule has 3 N–H and O–H groups in total. The van der Waals surface area contributed by atoms with Crippen molar-refractivity contribution in [2.75, 3.05) is 19.0 Å². The van der Waals surface area contributed by atoms with Gasteiger partial charge in [-0.2, -0.15) is 0 Å². The second kappa shape index (κ2) is 6.68. The summed E-state index contributed by atoms with van der Waals surface area (Å²) in [4.78, 5) is 15.7. The smallest absolute Gasteiger partial charge is 0.242 e. The predicted molar refractivity (Wildman–Crippen MR) is 69.8 cm³/mol. The van der Waals surface area contributed by atoms with Gasteiger partial charge in [0.05, 0.1) is 6.04 Å². The Kier molecular flexibility index (Phi) is 5.54. The summed E-state index contributed by atoms with van der Waals surface area (Å²) >= 11 is 3.34. The van der Waals surface area contributed by atoms with Gasteiger partial charge in [0.1, 0.15) is 5.82 Å². The molecule has 17 heavy (non-hydrogen) atoms. The van der Waals surface area contributed by atoms with Gasteiger partial charge < -0.3 is 15.8 Å². The fourth-order valence-electron chi connectivity index (χ4n) is 1.20. The molecule has 0 aromatic carbocycles. The summed E-state index contributed by atoms with van der Waals surface area (Å²) in [5, 5.41) is 2.67. The molecular formula is C11H16BrN3O2. The van der Waals surface area contributed by atoms with E-state index in [0.29, 0.717) is 18.8 Å². The van der Waals surface area contributed by atoms with Crippen molar-refractivity contribution in [3.8, 4) is 0 Å². The van der Waals surface area contributed by atoms with Gasteiger partial charge in [-0.3, -0.25) is 4.79 Å². The number of amides is 1. The van der Waals surface area contributed by atoms with Gasteiger partial charge in [0.2, 0.25) is 5.91 Å². The number of nitrogens with two attached hydrogens (primary N) is 1. The van der Waals surface area contributed by atoms with Gasteiger partial charge >= 0.3 is 0 Å². The first kappa shape index (κ1) is 14.1. The molecule has 6 heteroatoms. The minimum Gasteiger partial charge on any atom is -0.385 e. The van der Waals surface area contributed by atoms with Crippen LogP contribution in [0.2, 0.25) is 0 Å². The number of aryl methyl sites for hydroxylation is 1. The Morgan fingerprint density at radius 1 is 1.71 bits per heavy atom. The Morgan fingerprint density at radius 2 is 2.41 bits per heavy atom. The molecule has 0 aliphatic rings. The van der Waals surface area contributed by atoms with E-state index in [1.165, 1.54) is 0 Å². The molecule has 0 saturated heterocycles. The van der Waals surface area contributed by atoms with Gasteiger partial charge in [-0.1, -0.05) is 0 Å². The number of anilines is 1. The highest BCUT2D eigenvalue weighted by Gasteiger charge is 2.13. The second-order valence-electron chi connectivity index (χ2n) is 3.70. The molecule has 1 aromatic heterocycles. The maximum Gasteiger partial charge on any atom is 0.242 e. The zero-order valence-electron chi connectivity index (χ0n) is 9.87. The number of carbonyl (C=O) groups is 1. The van der Waals surface area contributed by atoms with Gasteiger partial charge in [0, 0.05) is 24.4 Å². The molecule has 0 aliphatic heterocycles. The SMILES string of the molecule is COCCC(N)C(=O)Nc1cc(C)c(Br)cn1. The lowest BCUT2D eigenvalue weighted by molar-refractivity contribution is -0.117. The number of nitrogens with one attached hydrogen (secondary N) is 1. The maximum atomic E-state index is 11.7. The predicted octanol–water partition coefficient (Wildman–Crippen LogP) is 1.45. The van der Waals surface area contributed by atoms with Gasteiger partial charge in [0.25, 0.3) is 0 Å². The summed E-state index contributed by atoms with van der Waals surface area (Å²) in [6.07, 6.45) is 2.13. The average molecular weight is 302 g/mol. The Bertz CT molecular complexity index is 398. The number of nitrogens with zero attached hydrogens (tertiary/aromatic N) is 1. The molecule has 1 aromatic rings. The number of hydrogen-bond acceptors (Lipinski definition) is 4. The molecule has 0 aliphatic carbocycles. The van der Waals surface area contributed by atoms with E-state index in [4.69, 9.17) is 10.5 Å². The lowest BCUT2D eigenvalue weighted by Gasteiger charge is -2.11. The lowest BCUT2D eigenvalue weighted by Crippen LogP contribution is -2.36. The van der Waals surface area contributed by atoms with Crippen molar-refractivity contribution in [2.45, 2.75) is 19.4 Å². The zero-order chi connectivity index (χ0) is 12.8. The van der Waals surface area contributed by atoms with Crippen LogP contribution in [0, 0.1) is 6.92 Å². The van der Waals surface area contributed by atoms with E-state index in [1.54, 1.807) is 19.4 Å². The number of carbonyl (C=O) groups excluding carboxylic acids is 1. The Hall–Kier alpha value is -0.980. The number of pyridine rings is 1. The molecule has 1 rings (SSSR count). The summed E-state index contributed by atoms with van der Waals surface area (Å²) in [6, 6.07) is 1.20. The summed E-state index contributed by atoms with van der Waals surface area (Å²) in [7, 11) is 1.57. The van der Waals surface area contributed by atoms with Crippen molar-refractivity contribution in [3.05, 3.63) is 22.3 Å². The molecule has 94 valence electrons. The normalized spacial score (nSPS) is 12.2. The van der Waals surface area contributed by atoms with Crippen LogP contribution >= 0.6 is 15.9 Å². The summed E-state index contributed by atoms with van der Waals surface area (Å²) in [5.41, 5.74) is 6.69. The number of methoxy groups -OCH3 is 1. The number of halogens is 1. The van der Waals surface area contributed by atoms with Crippen LogP contribution < -0.4 is 11.1 Å².